The van der Waals surface area contributed by atoms with Gasteiger partial charge in [-0.2, -0.15) is 0 Å². The minimum absolute atomic E-state index is 0.389. The van der Waals surface area contributed by atoms with Crippen LogP contribution in [-0.4, -0.2) is 6.54 Å². The molecule has 2 N–H and O–H groups in total. The minimum atomic E-state index is 0.389. The van der Waals surface area contributed by atoms with Crippen molar-refractivity contribution in [1.82, 2.24) is 0 Å². The van der Waals surface area contributed by atoms with Crippen molar-refractivity contribution in [3.05, 3.63) is 59.0 Å². The third kappa shape index (κ3) is 3.62. The Balaban J connectivity index is 2.00. The lowest BCUT2D eigenvalue weighted by atomic mass is 9.95. The van der Waals surface area contributed by atoms with Crippen LogP contribution in [0.15, 0.2) is 47.1 Å². The molecule has 0 radical (unpaired) electrons. The molecule has 0 aliphatic rings. The maximum absolute atomic E-state index is 5.96. The predicted octanol–water partition coefficient (Wildman–Crippen LogP) is 3.29. The molecule has 3 heteroatoms. The Bertz CT molecular complexity index is 453. The zero-order chi connectivity index (χ0) is 12.1. The summed E-state index contributed by atoms with van der Waals surface area (Å²) in [6.45, 7) is 0.646. The van der Waals surface area contributed by atoms with E-state index in [4.69, 9.17) is 21.8 Å². The van der Waals surface area contributed by atoms with Crippen molar-refractivity contribution < 1.29 is 4.42 Å². The van der Waals surface area contributed by atoms with Gasteiger partial charge in [0.1, 0.15) is 5.76 Å². The second-order valence-corrected chi connectivity index (χ2v) is 4.66. The zero-order valence-corrected chi connectivity index (χ0v) is 10.4. The van der Waals surface area contributed by atoms with Gasteiger partial charge in [-0.3, -0.25) is 0 Å². The molecule has 1 aromatic carbocycles. The topological polar surface area (TPSA) is 39.2 Å². The number of hydrogen-bond donors (Lipinski definition) is 1. The number of nitrogens with two attached hydrogens (primary N) is 1. The summed E-state index contributed by atoms with van der Waals surface area (Å²) in [5, 5.41) is 0.774. The fraction of sp³-hybridized carbons (Fsp3) is 0.286. The summed E-state index contributed by atoms with van der Waals surface area (Å²) in [7, 11) is 0. The van der Waals surface area contributed by atoms with Gasteiger partial charge in [-0.05, 0) is 48.7 Å². The van der Waals surface area contributed by atoms with Crippen LogP contribution in [0.3, 0.4) is 0 Å². The first-order valence-electron chi connectivity index (χ1n) is 5.75. The van der Waals surface area contributed by atoms with Gasteiger partial charge in [0.2, 0.25) is 0 Å². The lowest BCUT2D eigenvalue weighted by Crippen LogP contribution is -2.19. The second kappa shape index (κ2) is 5.89. The molecule has 17 heavy (non-hydrogen) atoms. The van der Waals surface area contributed by atoms with Gasteiger partial charge in [-0.25, -0.2) is 0 Å². The molecule has 0 bridgehead atoms. The third-order valence-corrected chi connectivity index (χ3v) is 3.05. The highest BCUT2D eigenvalue weighted by atomic mass is 35.5. The molecular formula is C14H16ClNO. The molecule has 1 atom stereocenters. The van der Waals surface area contributed by atoms with Gasteiger partial charge in [0, 0.05) is 11.4 Å². The van der Waals surface area contributed by atoms with Crippen LogP contribution in [0.4, 0.5) is 0 Å². The molecule has 0 amide bonds. The molecule has 0 aliphatic carbocycles. The molecule has 0 saturated heterocycles. The van der Waals surface area contributed by atoms with Crippen molar-refractivity contribution in [3.63, 3.8) is 0 Å². The van der Waals surface area contributed by atoms with Gasteiger partial charge in [-0.1, -0.05) is 23.7 Å². The van der Waals surface area contributed by atoms with Gasteiger partial charge < -0.3 is 10.2 Å². The van der Waals surface area contributed by atoms with Crippen LogP contribution in [0.5, 0.6) is 0 Å². The van der Waals surface area contributed by atoms with E-state index in [9.17, 15) is 0 Å². The SMILES string of the molecule is NCC(Cc1cccc(Cl)c1)Cc1ccco1. The zero-order valence-electron chi connectivity index (χ0n) is 9.60. The van der Waals surface area contributed by atoms with Crippen molar-refractivity contribution in [1.29, 1.82) is 0 Å². The van der Waals surface area contributed by atoms with Crippen LogP contribution in [0.2, 0.25) is 5.02 Å². The van der Waals surface area contributed by atoms with Crippen molar-refractivity contribution in [3.8, 4) is 0 Å². The van der Waals surface area contributed by atoms with Crippen LogP contribution in [-0.2, 0) is 12.8 Å². The summed E-state index contributed by atoms with van der Waals surface area (Å²) >= 11 is 5.96. The molecule has 2 rings (SSSR count). The highest BCUT2D eigenvalue weighted by Gasteiger charge is 2.10. The Morgan fingerprint density at radius 3 is 2.71 bits per heavy atom. The second-order valence-electron chi connectivity index (χ2n) is 4.22. The van der Waals surface area contributed by atoms with Crippen LogP contribution in [0, 0.1) is 5.92 Å². The van der Waals surface area contributed by atoms with Crippen LogP contribution in [0.25, 0.3) is 0 Å². The molecule has 2 nitrogen and oxygen atoms in total. The van der Waals surface area contributed by atoms with Crippen LogP contribution in [0.1, 0.15) is 11.3 Å². The molecule has 0 aliphatic heterocycles. The molecular weight excluding hydrogens is 234 g/mol. The van der Waals surface area contributed by atoms with Crippen molar-refractivity contribution in [2.45, 2.75) is 12.8 Å². The highest BCUT2D eigenvalue weighted by Crippen LogP contribution is 2.17. The molecule has 1 aromatic heterocycles. The summed E-state index contributed by atoms with van der Waals surface area (Å²) in [6, 6.07) is 11.8. The van der Waals surface area contributed by atoms with E-state index in [2.05, 4.69) is 6.07 Å². The summed E-state index contributed by atoms with van der Waals surface area (Å²) in [5.41, 5.74) is 7.02. The Labute approximate surface area is 106 Å². The normalized spacial score (nSPS) is 12.6. The first-order valence-corrected chi connectivity index (χ1v) is 6.12. The van der Waals surface area contributed by atoms with Gasteiger partial charge in [0.05, 0.1) is 6.26 Å². The Morgan fingerprint density at radius 1 is 1.18 bits per heavy atom. The lowest BCUT2D eigenvalue weighted by molar-refractivity contribution is 0.441. The Kier molecular flexibility index (Phi) is 4.24. The van der Waals surface area contributed by atoms with Crippen molar-refractivity contribution in [2.75, 3.05) is 6.54 Å². The summed E-state index contributed by atoms with van der Waals surface area (Å²) < 4.78 is 5.35. The van der Waals surface area contributed by atoms with Gasteiger partial charge in [0.25, 0.3) is 0 Å². The van der Waals surface area contributed by atoms with E-state index in [0.29, 0.717) is 12.5 Å². The Morgan fingerprint density at radius 2 is 2.06 bits per heavy atom. The van der Waals surface area contributed by atoms with E-state index >= 15 is 0 Å². The molecule has 0 fully saturated rings. The van der Waals surface area contributed by atoms with Gasteiger partial charge in [-0.15, -0.1) is 0 Å². The average Bonchev–Trinajstić information content (AvgIpc) is 2.81. The number of rotatable bonds is 5. The quantitative estimate of drug-likeness (QED) is 0.883. The summed E-state index contributed by atoms with van der Waals surface area (Å²) in [4.78, 5) is 0. The van der Waals surface area contributed by atoms with Crippen molar-refractivity contribution >= 4 is 11.6 Å². The molecule has 2 aromatic rings. The molecule has 90 valence electrons. The predicted molar refractivity (Wildman–Crippen MR) is 70.1 cm³/mol. The minimum Gasteiger partial charge on any atom is -0.469 e. The maximum atomic E-state index is 5.96. The van der Waals surface area contributed by atoms with Crippen molar-refractivity contribution in [2.24, 2.45) is 11.7 Å². The van der Waals surface area contributed by atoms with Gasteiger partial charge >= 0.3 is 0 Å². The average molecular weight is 250 g/mol. The molecule has 1 heterocycles. The van der Waals surface area contributed by atoms with Crippen LogP contribution >= 0.6 is 11.6 Å². The monoisotopic (exact) mass is 249 g/mol. The lowest BCUT2D eigenvalue weighted by Gasteiger charge is -2.13. The first-order chi connectivity index (χ1) is 8.28. The summed E-state index contributed by atoms with van der Waals surface area (Å²) in [5.74, 6) is 1.38. The molecule has 0 spiro atoms. The largest absolute Gasteiger partial charge is 0.469 e. The van der Waals surface area contributed by atoms with Gasteiger partial charge in [0.15, 0.2) is 0 Å². The standard InChI is InChI=1S/C14H16ClNO/c15-13-4-1-3-11(8-13)7-12(10-16)9-14-5-2-6-17-14/h1-6,8,12H,7,9-10,16H2. The van der Waals surface area contributed by atoms with Crippen LogP contribution < -0.4 is 5.73 Å². The number of furan rings is 1. The smallest absolute Gasteiger partial charge is 0.104 e. The van der Waals surface area contributed by atoms with E-state index in [1.54, 1.807) is 6.26 Å². The third-order valence-electron chi connectivity index (χ3n) is 2.82. The number of benzene rings is 1. The maximum Gasteiger partial charge on any atom is 0.104 e. The first kappa shape index (κ1) is 12.2. The Hall–Kier alpha value is -1.25. The van der Waals surface area contributed by atoms with E-state index in [1.807, 2.05) is 30.3 Å². The number of halogens is 1. The van der Waals surface area contributed by atoms with E-state index < -0.39 is 0 Å². The fourth-order valence-electron chi connectivity index (χ4n) is 1.95. The van der Waals surface area contributed by atoms with E-state index in [1.165, 1.54) is 5.56 Å². The highest BCUT2D eigenvalue weighted by molar-refractivity contribution is 6.30. The summed E-state index contributed by atoms with van der Waals surface area (Å²) in [6.07, 6.45) is 3.50. The number of hydrogen-bond acceptors (Lipinski definition) is 2. The van der Waals surface area contributed by atoms with E-state index in [0.717, 1.165) is 23.6 Å². The van der Waals surface area contributed by atoms with E-state index in [-0.39, 0.29) is 0 Å². The molecule has 0 saturated carbocycles. The molecule has 1 unspecified atom stereocenters. The fourth-order valence-corrected chi connectivity index (χ4v) is 2.16.